The standard InChI is InChI=1S/C23H24N2O6/c1-3-29-20(26)23(2)14-15-24(21(27)30-16-18-10-6-4-7-11-18)25(23)22(28)31-17-19-12-8-5-9-13-19/h4-15H,3,16-17H2,1-2H3. The van der Waals surface area contributed by atoms with Gasteiger partial charge in [-0.1, -0.05) is 60.7 Å². The van der Waals surface area contributed by atoms with Crippen molar-refractivity contribution < 1.29 is 28.6 Å². The molecule has 162 valence electrons. The smallest absolute Gasteiger partial charge is 0.433 e. The number of nitrogens with zero attached hydrogens (tertiary/aromatic N) is 2. The molecule has 0 saturated carbocycles. The highest BCUT2D eigenvalue weighted by Gasteiger charge is 2.51. The molecule has 2 aromatic carbocycles. The van der Waals surface area contributed by atoms with Gasteiger partial charge in [0.15, 0.2) is 5.54 Å². The van der Waals surface area contributed by atoms with E-state index in [0.29, 0.717) is 0 Å². The van der Waals surface area contributed by atoms with Crippen molar-refractivity contribution in [3.8, 4) is 0 Å². The maximum absolute atomic E-state index is 12.9. The lowest BCUT2D eigenvalue weighted by molar-refractivity contribution is -0.157. The normalized spacial score (nSPS) is 17.4. The maximum Gasteiger partial charge on any atom is 0.433 e. The predicted molar refractivity (Wildman–Crippen MR) is 111 cm³/mol. The molecule has 8 heteroatoms. The van der Waals surface area contributed by atoms with Gasteiger partial charge in [-0.3, -0.25) is 0 Å². The van der Waals surface area contributed by atoms with E-state index in [9.17, 15) is 14.4 Å². The van der Waals surface area contributed by atoms with Gasteiger partial charge in [-0.05, 0) is 31.1 Å². The Morgan fingerprint density at radius 3 is 1.84 bits per heavy atom. The summed E-state index contributed by atoms with van der Waals surface area (Å²) in [6.45, 7) is 3.22. The highest BCUT2D eigenvalue weighted by Crippen LogP contribution is 2.30. The fraction of sp³-hybridized carbons (Fsp3) is 0.261. The van der Waals surface area contributed by atoms with Gasteiger partial charge < -0.3 is 14.2 Å². The summed E-state index contributed by atoms with van der Waals surface area (Å²) < 4.78 is 15.8. The van der Waals surface area contributed by atoms with Crippen molar-refractivity contribution in [1.82, 2.24) is 10.0 Å². The van der Waals surface area contributed by atoms with Crippen LogP contribution in [0.2, 0.25) is 0 Å². The Morgan fingerprint density at radius 2 is 1.32 bits per heavy atom. The van der Waals surface area contributed by atoms with E-state index >= 15 is 0 Å². The first kappa shape index (κ1) is 21.9. The van der Waals surface area contributed by atoms with E-state index in [0.717, 1.165) is 21.1 Å². The minimum absolute atomic E-state index is 0.00698. The molecule has 2 aromatic rings. The molecule has 1 heterocycles. The molecule has 8 nitrogen and oxygen atoms in total. The molecule has 0 aliphatic carbocycles. The molecule has 1 unspecified atom stereocenters. The zero-order valence-corrected chi connectivity index (χ0v) is 17.4. The molecule has 3 rings (SSSR count). The Hall–Kier alpha value is -3.81. The summed E-state index contributed by atoms with van der Waals surface area (Å²) in [6, 6.07) is 18.2. The van der Waals surface area contributed by atoms with Crippen molar-refractivity contribution in [2.45, 2.75) is 32.6 Å². The molecular formula is C23H24N2O6. The van der Waals surface area contributed by atoms with Crippen LogP contribution in [0.5, 0.6) is 0 Å². The number of carbonyl (C=O) groups is 3. The molecule has 0 bridgehead atoms. The highest BCUT2D eigenvalue weighted by molar-refractivity contribution is 5.90. The number of hydrogen-bond donors (Lipinski definition) is 0. The Bertz CT molecular complexity index is 947. The van der Waals surface area contributed by atoms with E-state index in [4.69, 9.17) is 14.2 Å². The van der Waals surface area contributed by atoms with E-state index in [1.165, 1.54) is 19.2 Å². The van der Waals surface area contributed by atoms with Crippen LogP contribution in [0, 0.1) is 0 Å². The van der Waals surface area contributed by atoms with Crippen LogP contribution in [0.4, 0.5) is 9.59 Å². The minimum Gasteiger partial charge on any atom is -0.464 e. The van der Waals surface area contributed by atoms with Crippen molar-refractivity contribution in [3.63, 3.8) is 0 Å². The molecule has 1 aliphatic heterocycles. The van der Waals surface area contributed by atoms with Crippen LogP contribution in [0.25, 0.3) is 0 Å². The Labute approximate surface area is 180 Å². The molecule has 0 saturated heterocycles. The number of hydrogen-bond acceptors (Lipinski definition) is 6. The lowest BCUT2D eigenvalue weighted by Crippen LogP contribution is -2.58. The van der Waals surface area contributed by atoms with Gasteiger partial charge in [0.05, 0.1) is 6.61 Å². The molecule has 0 fully saturated rings. The van der Waals surface area contributed by atoms with Gasteiger partial charge in [0.1, 0.15) is 13.2 Å². The summed E-state index contributed by atoms with van der Waals surface area (Å²) in [5.41, 5.74) is -0.0142. The van der Waals surface area contributed by atoms with E-state index in [-0.39, 0.29) is 19.8 Å². The van der Waals surface area contributed by atoms with Gasteiger partial charge in [-0.25, -0.2) is 14.4 Å². The van der Waals surface area contributed by atoms with E-state index < -0.39 is 23.7 Å². The molecule has 2 amide bonds. The third-order valence-corrected chi connectivity index (χ3v) is 4.65. The minimum atomic E-state index is -1.56. The molecule has 0 aromatic heterocycles. The van der Waals surface area contributed by atoms with E-state index in [1.807, 2.05) is 48.5 Å². The molecule has 1 aliphatic rings. The zero-order chi connectivity index (χ0) is 22.3. The van der Waals surface area contributed by atoms with Crippen molar-refractivity contribution in [2.75, 3.05) is 6.61 Å². The second-order valence-electron chi connectivity index (χ2n) is 6.92. The fourth-order valence-electron chi connectivity index (χ4n) is 2.99. The lowest BCUT2D eigenvalue weighted by atomic mass is 10.0. The number of benzene rings is 2. The second kappa shape index (κ2) is 9.80. The molecular weight excluding hydrogens is 400 g/mol. The largest absolute Gasteiger partial charge is 0.464 e. The number of hydrazine groups is 1. The Kier molecular flexibility index (Phi) is 6.92. The third kappa shape index (κ3) is 5.03. The van der Waals surface area contributed by atoms with Gasteiger partial charge in [0.25, 0.3) is 0 Å². The van der Waals surface area contributed by atoms with E-state index in [2.05, 4.69) is 0 Å². The van der Waals surface area contributed by atoms with Crippen LogP contribution in [-0.2, 0) is 32.2 Å². The molecule has 0 spiro atoms. The van der Waals surface area contributed by atoms with Crippen LogP contribution in [0.15, 0.2) is 72.9 Å². The van der Waals surface area contributed by atoms with Crippen LogP contribution in [0.1, 0.15) is 25.0 Å². The number of esters is 1. The van der Waals surface area contributed by atoms with Gasteiger partial charge in [-0.2, -0.15) is 10.0 Å². The Balaban J connectivity index is 1.76. The molecule has 0 radical (unpaired) electrons. The van der Waals surface area contributed by atoms with Crippen molar-refractivity contribution in [2.24, 2.45) is 0 Å². The zero-order valence-electron chi connectivity index (χ0n) is 17.4. The first-order chi connectivity index (χ1) is 15.0. The van der Waals surface area contributed by atoms with Gasteiger partial charge in [0, 0.05) is 6.20 Å². The number of rotatable bonds is 6. The lowest BCUT2D eigenvalue weighted by Gasteiger charge is -2.35. The summed E-state index contributed by atoms with van der Waals surface area (Å²) in [5.74, 6) is -0.693. The van der Waals surface area contributed by atoms with Crippen LogP contribution in [-0.4, -0.2) is 40.3 Å². The van der Waals surface area contributed by atoms with Crippen molar-refractivity contribution in [3.05, 3.63) is 84.1 Å². The van der Waals surface area contributed by atoms with Gasteiger partial charge in [-0.15, -0.1) is 0 Å². The highest BCUT2D eigenvalue weighted by atomic mass is 16.6. The summed E-state index contributed by atoms with van der Waals surface area (Å²) >= 11 is 0. The second-order valence-corrected chi connectivity index (χ2v) is 6.92. The topological polar surface area (TPSA) is 85.4 Å². The van der Waals surface area contributed by atoms with Crippen LogP contribution >= 0.6 is 0 Å². The van der Waals surface area contributed by atoms with Gasteiger partial charge in [0.2, 0.25) is 0 Å². The van der Waals surface area contributed by atoms with Crippen molar-refractivity contribution in [1.29, 1.82) is 0 Å². The summed E-state index contributed by atoms with van der Waals surface area (Å²) in [7, 11) is 0. The van der Waals surface area contributed by atoms with Crippen molar-refractivity contribution >= 4 is 18.2 Å². The number of amides is 2. The van der Waals surface area contributed by atoms with Crippen LogP contribution < -0.4 is 0 Å². The average molecular weight is 424 g/mol. The Morgan fingerprint density at radius 1 is 0.806 bits per heavy atom. The SMILES string of the molecule is CCOC(=O)C1(C)C=CN(C(=O)OCc2ccccc2)N1C(=O)OCc1ccccc1. The maximum atomic E-state index is 12.9. The first-order valence-electron chi connectivity index (χ1n) is 9.83. The summed E-state index contributed by atoms with van der Waals surface area (Å²) in [6.07, 6.45) is 0.984. The van der Waals surface area contributed by atoms with E-state index in [1.54, 1.807) is 19.1 Å². The quantitative estimate of drug-likeness (QED) is 0.514. The predicted octanol–water partition coefficient (Wildman–Crippen LogP) is 4.03. The summed E-state index contributed by atoms with van der Waals surface area (Å²) in [4.78, 5) is 38.3. The third-order valence-electron chi connectivity index (χ3n) is 4.65. The first-order valence-corrected chi connectivity index (χ1v) is 9.83. The molecule has 31 heavy (non-hydrogen) atoms. The molecule has 0 N–H and O–H groups in total. The van der Waals surface area contributed by atoms with Crippen LogP contribution in [0.3, 0.4) is 0 Å². The number of carbonyl (C=O) groups excluding carboxylic acids is 3. The number of ether oxygens (including phenoxy) is 3. The van der Waals surface area contributed by atoms with Gasteiger partial charge >= 0.3 is 18.2 Å². The average Bonchev–Trinajstić information content (AvgIpc) is 3.16. The summed E-state index contributed by atoms with van der Waals surface area (Å²) in [5, 5.41) is 1.83. The fourth-order valence-corrected chi connectivity index (χ4v) is 2.99. The molecule has 1 atom stereocenters. The monoisotopic (exact) mass is 424 g/mol.